The molecule has 0 aliphatic carbocycles. The third-order valence-electron chi connectivity index (χ3n) is 3.51. The van der Waals surface area contributed by atoms with Crippen LogP contribution in [0.1, 0.15) is 0 Å². The molecule has 6 heteroatoms. The Morgan fingerprint density at radius 3 is 2.57 bits per heavy atom. The Labute approximate surface area is 135 Å². The van der Waals surface area contributed by atoms with Crippen LogP contribution >= 0.6 is 11.3 Å². The van der Waals surface area contributed by atoms with Gasteiger partial charge in [0, 0.05) is 10.8 Å². The Bertz CT molecular complexity index is 1020. The van der Waals surface area contributed by atoms with Gasteiger partial charge in [-0.1, -0.05) is 35.6 Å². The molecule has 0 spiro atoms. The highest BCUT2D eigenvalue weighted by atomic mass is 32.1. The van der Waals surface area contributed by atoms with Crippen LogP contribution in [0.25, 0.3) is 21.0 Å². The van der Waals surface area contributed by atoms with Gasteiger partial charge in [0.15, 0.2) is 5.75 Å². The quantitative estimate of drug-likeness (QED) is 0.493. The molecule has 0 bridgehead atoms. The Morgan fingerprint density at radius 2 is 1.70 bits per heavy atom. The molecule has 112 valence electrons. The van der Waals surface area contributed by atoms with Gasteiger partial charge in [0.1, 0.15) is 11.4 Å². The summed E-state index contributed by atoms with van der Waals surface area (Å²) >= 11 is 1.44. The van der Waals surface area contributed by atoms with Crippen LogP contribution in [0.5, 0.6) is 11.5 Å². The van der Waals surface area contributed by atoms with Crippen molar-refractivity contribution in [2.75, 3.05) is 0 Å². The van der Waals surface area contributed by atoms with Crippen LogP contribution in [0.4, 0.5) is 10.8 Å². The van der Waals surface area contributed by atoms with E-state index in [9.17, 15) is 10.2 Å². The number of para-hydroxylation sites is 1. The van der Waals surface area contributed by atoms with Gasteiger partial charge < -0.3 is 10.2 Å². The SMILES string of the molecule is Oc1cccc2c(O)c(N=Nc3nc4ccccc4s3)ccc12. The first-order valence-corrected chi connectivity index (χ1v) is 7.75. The Balaban J connectivity index is 1.76. The molecule has 0 aliphatic rings. The largest absolute Gasteiger partial charge is 0.507 e. The van der Waals surface area contributed by atoms with Crippen molar-refractivity contribution in [1.29, 1.82) is 0 Å². The van der Waals surface area contributed by atoms with Gasteiger partial charge in [-0.2, -0.15) is 0 Å². The molecule has 2 N–H and O–H groups in total. The summed E-state index contributed by atoms with van der Waals surface area (Å²) in [5.41, 5.74) is 1.21. The second kappa shape index (κ2) is 5.33. The Morgan fingerprint density at radius 1 is 0.826 bits per heavy atom. The number of azo groups is 1. The van der Waals surface area contributed by atoms with Crippen LogP contribution in [0.15, 0.2) is 64.8 Å². The summed E-state index contributed by atoms with van der Waals surface area (Å²) in [6, 6.07) is 16.1. The molecule has 5 nitrogen and oxygen atoms in total. The summed E-state index contributed by atoms with van der Waals surface area (Å²) in [4.78, 5) is 4.37. The summed E-state index contributed by atoms with van der Waals surface area (Å²) in [6.45, 7) is 0. The summed E-state index contributed by atoms with van der Waals surface area (Å²) in [5.74, 6) is 0.107. The third kappa shape index (κ3) is 2.39. The maximum absolute atomic E-state index is 10.3. The predicted molar refractivity (Wildman–Crippen MR) is 91.1 cm³/mol. The molecule has 0 saturated carbocycles. The number of fused-ring (bicyclic) bond motifs is 2. The number of rotatable bonds is 2. The monoisotopic (exact) mass is 321 g/mol. The molecule has 4 rings (SSSR count). The summed E-state index contributed by atoms with van der Waals surface area (Å²) in [5, 5.41) is 30.0. The molecule has 0 unspecified atom stereocenters. The standard InChI is InChI=1S/C17H11N3O2S/c21-14-6-3-4-11-10(14)8-9-13(16(11)22)19-20-17-18-12-5-1-2-7-15(12)23-17/h1-9,21-22H. The molecule has 3 aromatic carbocycles. The zero-order chi connectivity index (χ0) is 15.8. The van der Waals surface area contributed by atoms with Crippen molar-refractivity contribution in [3.63, 3.8) is 0 Å². The molecule has 4 aromatic rings. The van der Waals surface area contributed by atoms with Gasteiger partial charge in [-0.3, -0.25) is 0 Å². The summed E-state index contributed by atoms with van der Waals surface area (Å²) < 4.78 is 1.04. The second-order valence-electron chi connectivity index (χ2n) is 4.97. The van der Waals surface area contributed by atoms with E-state index < -0.39 is 0 Å². The molecule has 0 aliphatic heterocycles. The van der Waals surface area contributed by atoms with E-state index in [2.05, 4.69) is 15.2 Å². The number of hydrogen-bond donors (Lipinski definition) is 2. The van der Waals surface area contributed by atoms with Crippen molar-refractivity contribution in [2.24, 2.45) is 10.2 Å². The van der Waals surface area contributed by atoms with Crippen LogP contribution in [-0.4, -0.2) is 15.2 Å². The van der Waals surface area contributed by atoms with E-state index in [4.69, 9.17) is 0 Å². The zero-order valence-corrected chi connectivity index (χ0v) is 12.7. The normalized spacial score (nSPS) is 11.7. The lowest BCUT2D eigenvalue weighted by atomic mass is 10.1. The Hall–Kier alpha value is -2.99. The number of aromatic hydroxyl groups is 2. The number of benzene rings is 3. The van der Waals surface area contributed by atoms with Gasteiger partial charge in [-0.15, -0.1) is 10.2 Å². The lowest BCUT2D eigenvalue weighted by molar-refractivity contribution is 0.476. The van der Waals surface area contributed by atoms with Crippen LogP contribution in [-0.2, 0) is 0 Å². The molecule has 1 heterocycles. The van der Waals surface area contributed by atoms with E-state index in [1.807, 2.05) is 24.3 Å². The van der Waals surface area contributed by atoms with Gasteiger partial charge in [0.05, 0.1) is 10.2 Å². The number of phenols is 2. The first-order valence-electron chi connectivity index (χ1n) is 6.93. The molecular formula is C17H11N3O2S. The minimum absolute atomic E-state index is 0.0109. The van der Waals surface area contributed by atoms with Crippen molar-refractivity contribution in [3.05, 3.63) is 54.6 Å². The minimum Gasteiger partial charge on any atom is -0.507 e. The first-order chi connectivity index (χ1) is 11.2. The maximum atomic E-state index is 10.3. The van der Waals surface area contributed by atoms with Gasteiger partial charge in [-0.25, -0.2) is 4.98 Å². The van der Waals surface area contributed by atoms with E-state index in [0.29, 0.717) is 21.6 Å². The average molecular weight is 321 g/mol. The highest BCUT2D eigenvalue weighted by Crippen LogP contribution is 2.39. The van der Waals surface area contributed by atoms with Gasteiger partial charge in [-0.05, 0) is 30.3 Å². The number of thiazole rings is 1. The molecule has 0 radical (unpaired) electrons. The summed E-state index contributed by atoms with van der Waals surface area (Å²) in [6.07, 6.45) is 0. The topological polar surface area (TPSA) is 78.1 Å². The third-order valence-corrected chi connectivity index (χ3v) is 4.44. The molecular weight excluding hydrogens is 310 g/mol. The fourth-order valence-electron chi connectivity index (χ4n) is 2.39. The van der Waals surface area contributed by atoms with Crippen LogP contribution in [0.3, 0.4) is 0 Å². The molecule has 0 amide bonds. The van der Waals surface area contributed by atoms with Crippen molar-refractivity contribution in [2.45, 2.75) is 0 Å². The number of phenolic OH excluding ortho intramolecular Hbond substituents is 2. The van der Waals surface area contributed by atoms with Gasteiger partial charge in [0.2, 0.25) is 5.13 Å². The molecule has 0 atom stereocenters. The van der Waals surface area contributed by atoms with Crippen molar-refractivity contribution in [3.8, 4) is 11.5 Å². The highest BCUT2D eigenvalue weighted by molar-refractivity contribution is 7.21. The van der Waals surface area contributed by atoms with E-state index in [1.165, 1.54) is 11.3 Å². The second-order valence-corrected chi connectivity index (χ2v) is 5.98. The number of nitrogens with zero attached hydrogens (tertiary/aromatic N) is 3. The zero-order valence-electron chi connectivity index (χ0n) is 11.8. The van der Waals surface area contributed by atoms with Crippen LogP contribution < -0.4 is 0 Å². The Kier molecular flexibility index (Phi) is 3.17. The van der Waals surface area contributed by atoms with Crippen molar-refractivity contribution in [1.82, 2.24) is 4.98 Å². The van der Waals surface area contributed by atoms with Gasteiger partial charge in [0.25, 0.3) is 0 Å². The predicted octanol–water partition coefficient (Wildman–Crippen LogP) is 5.28. The molecule has 23 heavy (non-hydrogen) atoms. The van der Waals surface area contributed by atoms with Crippen molar-refractivity contribution >= 4 is 43.1 Å². The minimum atomic E-state index is -0.0109. The highest BCUT2D eigenvalue weighted by Gasteiger charge is 2.09. The summed E-state index contributed by atoms with van der Waals surface area (Å²) in [7, 11) is 0. The first kappa shape index (κ1) is 13.7. The number of hydrogen-bond acceptors (Lipinski definition) is 6. The van der Waals surface area contributed by atoms with Gasteiger partial charge >= 0.3 is 0 Å². The van der Waals surface area contributed by atoms with Crippen molar-refractivity contribution < 1.29 is 10.2 Å². The smallest absolute Gasteiger partial charge is 0.231 e. The van der Waals surface area contributed by atoms with E-state index in [1.54, 1.807) is 30.3 Å². The van der Waals surface area contributed by atoms with Crippen LogP contribution in [0.2, 0.25) is 0 Å². The lowest BCUT2D eigenvalue weighted by Crippen LogP contribution is -1.76. The average Bonchev–Trinajstić information content (AvgIpc) is 2.98. The van der Waals surface area contributed by atoms with Crippen LogP contribution in [0, 0.1) is 0 Å². The van der Waals surface area contributed by atoms with E-state index in [-0.39, 0.29) is 11.5 Å². The molecule has 1 aromatic heterocycles. The molecule has 0 fully saturated rings. The fraction of sp³-hybridized carbons (Fsp3) is 0. The fourth-order valence-corrected chi connectivity index (χ4v) is 3.18. The number of aromatic nitrogens is 1. The van der Waals surface area contributed by atoms with E-state index >= 15 is 0 Å². The lowest BCUT2D eigenvalue weighted by Gasteiger charge is -2.04. The van der Waals surface area contributed by atoms with E-state index in [0.717, 1.165) is 10.2 Å². The maximum Gasteiger partial charge on any atom is 0.231 e. The molecule has 0 saturated heterocycles.